The van der Waals surface area contributed by atoms with Gasteiger partial charge in [0.05, 0.1) is 18.5 Å². The summed E-state index contributed by atoms with van der Waals surface area (Å²) in [6.07, 6.45) is 0. The summed E-state index contributed by atoms with van der Waals surface area (Å²) in [4.78, 5) is 35.3. The third-order valence-corrected chi connectivity index (χ3v) is 3.92. The zero-order valence-corrected chi connectivity index (χ0v) is 14.9. The fraction of sp³-hybridized carbons (Fsp3) is 0.250. The highest BCUT2D eigenvalue weighted by molar-refractivity contribution is 5.86. The van der Waals surface area contributed by atoms with E-state index in [9.17, 15) is 19.5 Å². The molecule has 0 aliphatic carbocycles. The molecule has 0 fully saturated rings. The summed E-state index contributed by atoms with van der Waals surface area (Å²) in [5, 5.41) is 14.4. The van der Waals surface area contributed by atoms with Gasteiger partial charge in [-0.3, -0.25) is 14.4 Å². The van der Waals surface area contributed by atoms with Crippen LogP contribution in [-0.4, -0.2) is 36.0 Å². The van der Waals surface area contributed by atoms with E-state index < -0.39 is 29.7 Å². The number of aliphatic carboxylic acids is 1. The highest BCUT2D eigenvalue weighted by atomic mass is 16.5. The van der Waals surface area contributed by atoms with E-state index in [4.69, 9.17) is 4.74 Å². The number of benzene rings is 2. The Labute approximate surface area is 157 Å². The van der Waals surface area contributed by atoms with Gasteiger partial charge in [0.1, 0.15) is 5.75 Å². The Kier molecular flexibility index (Phi) is 7.37. The quantitative estimate of drug-likeness (QED) is 0.624. The predicted octanol–water partition coefficient (Wildman–Crippen LogP) is 1.76. The molecule has 7 heteroatoms. The van der Waals surface area contributed by atoms with Crippen LogP contribution in [0.25, 0.3) is 0 Å². The maximum atomic E-state index is 12.2. The van der Waals surface area contributed by atoms with Crippen molar-refractivity contribution in [3.05, 3.63) is 66.2 Å². The predicted molar refractivity (Wildman–Crippen MR) is 99.1 cm³/mol. The van der Waals surface area contributed by atoms with Gasteiger partial charge in [-0.15, -0.1) is 0 Å². The van der Waals surface area contributed by atoms with Crippen LogP contribution in [0.1, 0.15) is 18.5 Å². The van der Waals surface area contributed by atoms with Crippen LogP contribution >= 0.6 is 0 Å². The van der Waals surface area contributed by atoms with E-state index in [0.717, 1.165) is 0 Å². The van der Waals surface area contributed by atoms with E-state index in [1.54, 1.807) is 54.6 Å². The van der Waals surface area contributed by atoms with Crippen LogP contribution in [0.15, 0.2) is 60.7 Å². The number of hydrogen-bond acceptors (Lipinski definition) is 4. The van der Waals surface area contributed by atoms with Gasteiger partial charge >= 0.3 is 5.97 Å². The van der Waals surface area contributed by atoms with Gasteiger partial charge in [0.2, 0.25) is 5.91 Å². The molecular formula is C20H22N2O5. The molecule has 0 aliphatic heterocycles. The van der Waals surface area contributed by atoms with Crippen LogP contribution in [0, 0.1) is 5.92 Å². The molecule has 27 heavy (non-hydrogen) atoms. The lowest BCUT2D eigenvalue weighted by molar-refractivity contribution is -0.142. The summed E-state index contributed by atoms with van der Waals surface area (Å²) in [6, 6.07) is 17.0. The number of carboxylic acids is 1. The van der Waals surface area contributed by atoms with Crippen molar-refractivity contribution in [1.82, 2.24) is 10.6 Å². The highest BCUT2D eigenvalue weighted by Crippen LogP contribution is 2.22. The lowest BCUT2D eigenvalue weighted by Crippen LogP contribution is -2.42. The molecule has 0 aromatic heterocycles. The Hall–Kier alpha value is -3.35. The first kappa shape index (κ1) is 20.0. The Balaban J connectivity index is 1.86. The molecule has 0 heterocycles. The van der Waals surface area contributed by atoms with E-state index in [2.05, 4.69) is 10.6 Å². The van der Waals surface area contributed by atoms with Crippen molar-refractivity contribution >= 4 is 17.8 Å². The second-order valence-corrected chi connectivity index (χ2v) is 5.96. The molecule has 2 aromatic carbocycles. The summed E-state index contributed by atoms with van der Waals surface area (Å²) in [7, 11) is 0. The Bertz CT molecular complexity index is 764. The Morgan fingerprint density at radius 3 is 2.15 bits per heavy atom. The third kappa shape index (κ3) is 6.47. The second-order valence-electron chi connectivity index (χ2n) is 5.96. The van der Waals surface area contributed by atoms with E-state index in [1.807, 2.05) is 6.07 Å². The highest BCUT2D eigenvalue weighted by Gasteiger charge is 2.26. The number of rotatable bonds is 9. The number of hydrogen-bond donors (Lipinski definition) is 3. The van der Waals surface area contributed by atoms with Crippen LogP contribution < -0.4 is 15.4 Å². The SMILES string of the molecule is CC(C(=O)O)C(NC(=O)CNC(=O)COc1ccccc1)c1ccccc1. The number of nitrogens with one attached hydrogen (secondary N) is 2. The minimum Gasteiger partial charge on any atom is -0.484 e. The maximum Gasteiger partial charge on any atom is 0.308 e. The molecular weight excluding hydrogens is 348 g/mol. The molecule has 142 valence electrons. The summed E-state index contributed by atoms with van der Waals surface area (Å²) < 4.78 is 5.30. The number of carbonyl (C=O) groups excluding carboxylic acids is 2. The monoisotopic (exact) mass is 370 g/mol. The molecule has 0 spiro atoms. The van der Waals surface area contributed by atoms with Crippen molar-refractivity contribution < 1.29 is 24.2 Å². The number of para-hydroxylation sites is 1. The van der Waals surface area contributed by atoms with Crippen molar-refractivity contribution in [1.29, 1.82) is 0 Å². The molecule has 0 aliphatic rings. The van der Waals surface area contributed by atoms with Gasteiger partial charge in [0.15, 0.2) is 6.61 Å². The van der Waals surface area contributed by atoms with Gasteiger partial charge in [-0.05, 0) is 24.6 Å². The molecule has 3 N–H and O–H groups in total. The minimum absolute atomic E-state index is 0.217. The summed E-state index contributed by atoms with van der Waals surface area (Å²) in [5.74, 6) is -2.23. The minimum atomic E-state index is -1.02. The molecule has 0 radical (unpaired) electrons. The van der Waals surface area contributed by atoms with Gasteiger partial charge < -0.3 is 20.5 Å². The molecule has 2 atom stereocenters. The van der Waals surface area contributed by atoms with Crippen molar-refractivity contribution in [2.75, 3.05) is 13.2 Å². The second kappa shape index (κ2) is 9.96. The van der Waals surface area contributed by atoms with Gasteiger partial charge in [0, 0.05) is 0 Å². The van der Waals surface area contributed by atoms with Crippen molar-refractivity contribution in [3.8, 4) is 5.75 Å². The first-order valence-corrected chi connectivity index (χ1v) is 8.49. The first-order valence-electron chi connectivity index (χ1n) is 8.49. The van der Waals surface area contributed by atoms with Gasteiger partial charge in [-0.1, -0.05) is 48.5 Å². The summed E-state index contributed by atoms with van der Waals surface area (Å²) in [6.45, 7) is 1.03. The standard InChI is InChI=1S/C20H22N2O5/c1-14(20(25)26)19(15-8-4-2-5-9-15)22-17(23)12-21-18(24)13-27-16-10-6-3-7-11-16/h2-11,14,19H,12-13H2,1H3,(H,21,24)(H,22,23)(H,25,26). The van der Waals surface area contributed by atoms with Gasteiger partial charge in [-0.25, -0.2) is 0 Å². The smallest absolute Gasteiger partial charge is 0.308 e. The topological polar surface area (TPSA) is 105 Å². The van der Waals surface area contributed by atoms with Gasteiger partial charge in [0.25, 0.3) is 5.91 Å². The lowest BCUT2D eigenvalue weighted by atomic mass is 9.94. The lowest BCUT2D eigenvalue weighted by Gasteiger charge is -2.23. The van der Waals surface area contributed by atoms with Gasteiger partial charge in [-0.2, -0.15) is 0 Å². The third-order valence-electron chi connectivity index (χ3n) is 3.92. The zero-order chi connectivity index (χ0) is 19.6. The summed E-state index contributed by atoms with van der Waals surface area (Å²) in [5.41, 5.74) is 0.680. The average molecular weight is 370 g/mol. The molecule has 7 nitrogen and oxygen atoms in total. The fourth-order valence-electron chi connectivity index (χ4n) is 2.42. The number of amides is 2. The molecule has 2 unspecified atom stereocenters. The Morgan fingerprint density at radius 1 is 0.963 bits per heavy atom. The van der Waals surface area contributed by atoms with Crippen LogP contribution in [0.2, 0.25) is 0 Å². The molecule has 2 aromatic rings. The molecule has 0 bridgehead atoms. The summed E-state index contributed by atoms with van der Waals surface area (Å²) >= 11 is 0. The van der Waals surface area contributed by atoms with Crippen LogP contribution in [-0.2, 0) is 14.4 Å². The first-order chi connectivity index (χ1) is 13.0. The van der Waals surface area contributed by atoms with E-state index in [-0.39, 0.29) is 13.2 Å². The van der Waals surface area contributed by atoms with Crippen LogP contribution in [0.4, 0.5) is 0 Å². The van der Waals surface area contributed by atoms with Crippen molar-refractivity contribution in [3.63, 3.8) is 0 Å². The van der Waals surface area contributed by atoms with E-state index in [1.165, 1.54) is 6.92 Å². The average Bonchev–Trinajstić information content (AvgIpc) is 2.69. The fourth-order valence-corrected chi connectivity index (χ4v) is 2.42. The molecule has 2 rings (SSSR count). The van der Waals surface area contributed by atoms with Crippen LogP contribution in [0.3, 0.4) is 0 Å². The zero-order valence-electron chi connectivity index (χ0n) is 14.9. The largest absolute Gasteiger partial charge is 0.484 e. The van der Waals surface area contributed by atoms with E-state index >= 15 is 0 Å². The van der Waals surface area contributed by atoms with Crippen molar-refractivity contribution in [2.45, 2.75) is 13.0 Å². The number of ether oxygens (including phenoxy) is 1. The van der Waals surface area contributed by atoms with E-state index in [0.29, 0.717) is 11.3 Å². The number of carboxylic acid groups (broad SMARTS) is 1. The maximum absolute atomic E-state index is 12.2. The van der Waals surface area contributed by atoms with Crippen molar-refractivity contribution in [2.24, 2.45) is 5.92 Å². The normalized spacial score (nSPS) is 12.5. The van der Waals surface area contributed by atoms with Crippen LogP contribution in [0.5, 0.6) is 5.75 Å². The molecule has 0 saturated heterocycles. The number of carbonyl (C=O) groups is 3. The molecule has 0 saturated carbocycles. The Morgan fingerprint density at radius 2 is 1.56 bits per heavy atom. The molecule has 2 amide bonds.